The summed E-state index contributed by atoms with van der Waals surface area (Å²) in [5.41, 5.74) is 2.49. The number of amides is 1. The summed E-state index contributed by atoms with van der Waals surface area (Å²) in [7, 11) is 0. The van der Waals surface area contributed by atoms with E-state index in [1.807, 2.05) is 24.3 Å². The smallest absolute Gasteiger partial charge is 0.251 e. The van der Waals surface area contributed by atoms with Crippen molar-refractivity contribution in [2.75, 3.05) is 0 Å². The van der Waals surface area contributed by atoms with Crippen LogP contribution in [-0.2, 0) is 12.4 Å². The fourth-order valence-electron chi connectivity index (χ4n) is 1.72. The predicted octanol–water partition coefficient (Wildman–Crippen LogP) is 4.66. The van der Waals surface area contributed by atoms with Crippen LogP contribution in [0.5, 0.6) is 0 Å². The van der Waals surface area contributed by atoms with E-state index in [0.717, 1.165) is 11.1 Å². The average Bonchev–Trinajstić information content (AvgIpc) is 2.44. The first-order chi connectivity index (χ1) is 9.58. The molecule has 0 atom stereocenters. The van der Waals surface area contributed by atoms with Crippen molar-refractivity contribution in [2.45, 2.75) is 12.4 Å². The van der Waals surface area contributed by atoms with Gasteiger partial charge in [0.05, 0.1) is 0 Å². The maximum Gasteiger partial charge on any atom is 0.251 e. The lowest BCUT2D eigenvalue weighted by Crippen LogP contribution is -2.22. The van der Waals surface area contributed by atoms with Crippen molar-refractivity contribution in [1.82, 2.24) is 5.32 Å². The molecule has 2 nitrogen and oxygen atoms in total. The van der Waals surface area contributed by atoms with Crippen molar-refractivity contribution < 1.29 is 4.79 Å². The quantitative estimate of drug-likeness (QED) is 0.812. The zero-order chi connectivity index (χ0) is 14.5. The van der Waals surface area contributed by atoms with Gasteiger partial charge in [-0.1, -0.05) is 47.5 Å². The van der Waals surface area contributed by atoms with Crippen LogP contribution >= 0.6 is 34.8 Å². The van der Waals surface area contributed by atoms with Gasteiger partial charge < -0.3 is 5.32 Å². The van der Waals surface area contributed by atoms with Crippen LogP contribution in [0.2, 0.25) is 10.0 Å². The SMILES string of the molecule is O=C(NCc1ccc(CCl)cc1)c1cc(Cl)cc(Cl)c1. The molecule has 104 valence electrons. The second-order valence-corrected chi connectivity index (χ2v) is 5.43. The van der Waals surface area contributed by atoms with Crippen LogP contribution in [0.4, 0.5) is 0 Å². The van der Waals surface area contributed by atoms with Crippen molar-refractivity contribution in [3.8, 4) is 0 Å². The van der Waals surface area contributed by atoms with E-state index in [4.69, 9.17) is 34.8 Å². The molecule has 2 rings (SSSR count). The third-order valence-corrected chi connectivity index (χ3v) is 3.50. The molecule has 1 amide bonds. The Kier molecular flexibility index (Phi) is 5.30. The number of halogens is 3. The summed E-state index contributed by atoms with van der Waals surface area (Å²) in [6.07, 6.45) is 0. The largest absolute Gasteiger partial charge is 0.348 e. The molecule has 0 saturated heterocycles. The number of alkyl halides is 1. The summed E-state index contributed by atoms with van der Waals surface area (Å²) in [5.74, 6) is 0.268. The van der Waals surface area contributed by atoms with Crippen molar-refractivity contribution in [3.05, 3.63) is 69.2 Å². The molecule has 0 aliphatic carbocycles. The molecule has 0 spiro atoms. The highest BCUT2D eigenvalue weighted by Gasteiger charge is 2.07. The van der Waals surface area contributed by atoms with Crippen LogP contribution in [0.15, 0.2) is 42.5 Å². The highest BCUT2D eigenvalue weighted by Crippen LogP contribution is 2.19. The normalized spacial score (nSPS) is 10.3. The standard InChI is InChI=1S/C15H12Cl3NO/c16-8-10-1-3-11(4-2-10)9-19-15(20)12-5-13(17)7-14(18)6-12/h1-7H,8-9H2,(H,19,20). The Morgan fingerprint density at radius 2 is 1.50 bits per heavy atom. The van der Waals surface area contributed by atoms with E-state index in [-0.39, 0.29) is 5.91 Å². The molecule has 2 aromatic rings. The van der Waals surface area contributed by atoms with Gasteiger partial charge in [-0.05, 0) is 29.3 Å². The summed E-state index contributed by atoms with van der Waals surface area (Å²) >= 11 is 17.5. The van der Waals surface area contributed by atoms with E-state index in [1.54, 1.807) is 18.2 Å². The third-order valence-electron chi connectivity index (χ3n) is 2.76. The Hall–Kier alpha value is -1.22. The summed E-state index contributed by atoms with van der Waals surface area (Å²) in [6.45, 7) is 0.436. The highest BCUT2D eigenvalue weighted by atomic mass is 35.5. The first-order valence-electron chi connectivity index (χ1n) is 5.96. The van der Waals surface area contributed by atoms with E-state index in [2.05, 4.69) is 5.32 Å². The molecule has 0 fully saturated rings. The van der Waals surface area contributed by atoms with Crippen LogP contribution in [-0.4, -0.2) is 5.91 Å². The minimum Gasteiger partial charge on any atom is -0.348 e. The first-order valence-corrected chi connectivity index (χ1v) is 7.25. The second kappa shape index (κ2) is 6.98. The van der Waals surface area contributed by atoms with Gasteiger partial charge in [-0.3, -0.25) is 4.79 Å². The molecule has 0 saturated carbocycles. The lowest BCUT2D eigenvalue weighted by molar-refractivity contribution is 0.0951. The number of nitrogens with one attached hydrogen (secondary N) is 1. The molecule has 1 N–H and O–H groups in total. The highest BCUT2D eigenvalue weighted by molar-refractivity contribution is 6.35. The molecule has 0 aliphatic rings. The fourth-order valence-corrected chi connectivity index (χ4v) is 2.42. The van der Waals surface area contributed by atoms with E-state index in [9.17, 15) is 4.79 Å². The minimum absolute atomic E-state index is 0.212. The molecular formula is C15H12Cl3NO. The topological polar surface area (TPSA) is 29.1 Å². The summed E-state index contributed by atoms with van der Waals surface area (Å²) in [4.78, 5) is 12.0. The molecule has 0 aliphatic heterocycles. The molecule has 0 aromatic heterocycles. The zero-order valence-electron chi connectivity index (χ0n) is 10.5. The number of benzene rings is 2. The molecule has 0 unspecified atom stereocenters. The predicted molar refractivity (Wildman–Crippen MR) is 83.6 cm³/mol. The molecule has 5 heteroatoms. The van der Waals surface area contributed by atoms with Gasteiger partial charge in [-0.15, -0.1) is 11.6 Å². The lowest BCUT2D eigenvalue weighted by atomic mass is 10.1. The number of rotatable bonds is 4. The van der Waals surface area contributed by atoms with Gasteiger partial charge in [0.2, 0.25) is 0 Å². The molecule has 2 aromatic carbocycles. The van der Waals surface area contributed by atoms with E-state index in [1.165, 1.54) is 0 Å². The Labute approximate surface area is 132 Å². The van der Waals surface area contributed by atoms with Crippen LogP contribution < -0.4 is 5.32 Å². The Balaban J connectivity index is 2.00. The monoisotopic (exact) mass is 327 g/mol. The van der Waals surface area contributed by atoms with Crippen LogP contribution in [0.1, 0.15) is 21.5 Å². The molecule has 0 radical (unpaired) electrons. The van der Waals surface area contributed by atoms with Gasteiger partial charge in [0, 0.05) is 28.0 Å². The number of hydrogen-bond donors (Lipinski definition) is 1. The van der Waals surface area contributed by atoms with Gasteiger partial charge in [0.15, 0.2) is 0 Å². The number of carbonyl (C=O) groups excluding carboxylic acids is 1. The van der Waals surface area contributed by atoms with Crippen molar-refractivity contribution >= 4 is 40.7 Å². The van der Waals surface area contributed by atoms with Gasteiger partial charge in [0.25, 0.3) is 5.91 Å². The second-order valence-electron chi connectivity index (χ2n) is 4.29. The lowest BCUT2D eigenvalue weighted by Gasteiger charge is -2.07. The first kappa shape index (κ1) is 15.2. The van der Waals surface area contributed by atoms with Crippen LogP contribution in [0.3, 0.4) is 0 Å². The van der Waals surface area contributed by atoms with Crippen molar-refractivity contribution in [2.24, 2.45) is 0 Å². The van der Waals surface area contributed by atoms with Crippen molar-refractivity contribution in [3.63, 3.8) is 0 Å². The van der Waals surface area contributed by atoms with Crippen LogP contribution in [0, 0.1) is 0 Å². The van der Waals surface area contributed by atoms with Crippen LogP contribution in [0.25, 0.3) is 0 Å². The van der Waals surface area contributed by atoms with Gasteiger partial charge in [-0.2, -0.15) is 0 Å². The van der Waals surface area contributed by atoms with Gasteiger partial charge >= 0.3 is 0 Å². The summed E-state index contributed by atoms with van der Waals surface area (Å²) in [5, 5.41) is 3.70. The van der Waals surface area contributed by atoms with Gasteiger partial charge in [-0.25, -0.2) is 0 Å². The Morgan fingerprint density at radius 3 is 2.05 bits per heavy atom. The molecule has 0 heterocycles. The van der Waals surface area contributed by atoms with Crippen molar-refractivity contribution in [1.29, 1.82) is 0 Å². The summed E-state index contributed by atoms with van der Waals surface area (Å²) in [6, 6.07) is 12.5. The van der Waals surface area contributed by atoms with E-state index >= 15 is 0 Å². The molecular weight excluding hydrogens is 317 g/mol. The number of hydrogen-bond acceptors (Lipinski definition) is 1. The van der Waals surface area contributed by atoms with E-state index in [0.29, 0.717) is 28.0 Å². The maximum absolute atomic E-state index is 12.0. The van der Waals surface area contributed by atoms with Gasteiger partial charge in [0.1, 0.15) is 0 Å². The minimum atomic E-state index is -0.212. The zero-order valence-corrected chi connectivity index (χ0v) is 12.8. The average molecular weight is 329 g/mol. The number of carbonyl (C=O) groups is 1. The fraction of sp³-hybridized carbons (Fsp3) is 0.133. The summed E-state index contributed by atoms with van der Waals surface area (Å²) < 4.78 is 0. The maximum atomic E-state index is 12.0. The third kappa shape index (κ3) is 4.14. The molecule has 20 heavy (non-hydrogen) atoms. The molecule has 0 bridgehead atoms. The van der Waals surface area contributed by atoms with E-state index < -0.39 is 0 Å². The Bertz CT molecular complexity index is 591. The Morgan fingerprint density at radius 1 is 0.950 bits per heavy atom.